The quantitative estimate of drug-likeness (QED) is 0.286. The van der Waals surface area contributed by atoms with Gasteiger partial charge in [0.2, 0.25) is 5.91 Å². The fraction of sp³-hybridized carbons (Fsp3) is 0.531. The molecular formula is C32H40N2O8. The van der Waals surface area contributed by atoms with Gasteiger partial charge in [0, 0.05) is 17.5 Å². The van der Waals surface area contributed by atoms with Gasteiger partial charge < -0.3 is 36.6 Å². The SMILES string of the molecule is COc1ccc(-c2ccc(O)c3c2C[C@]2(C)C[C@]4(C)[C@@H](C(C)C)C(O)C(C(N)=O)C(=O)[C@]4(O)C(O)C2C3=O)cc1CN. The molecule has 4 unspecified atom stereocenters. The minimum absolute atomic E-state index is 0.0153. The first kappa shape index (κ1) is 30.2. The van der Waals surface area contributed by atoms with Crippen molar-refractivity contribution in [1.29, 1.82) is 0 Å². The molecule has 0 aromatic heterocycles. The van der Waals surface area contributed by atoms with Crippen LogP contribution in [0.3, 0.4) is 0 Å². The number of primary amides is 1. The van der Waals surface area contributed by atoms with Crippen LogP contribution >= 0.6 is 0 Å². The second kappa shape index (κ2) is 9.87. The van der Waals surface area contributed by atoms with E-state index in [0.29, 0.717) is 16.9 Å². The Labute approximate surface area is 244 Å². The number of methoxy groups -OCH3 is 1. The van der Waals surface area contributed by atoms with Crippen molar-refractivity contribution in [2.45, 2.75) is 64.9 Å². The number of carbonyl (C=O) groups is 3. The zero-order valence-electron chi connectivity index (χ0n) is 24.5. The lowest BCUT2D eigenvalue weighted by molar-refractivity contribution is -0.265. The summed E-state index contributed by atoms with van der Waals surface area (Å²) in [4.78, 5) is 40.5. The molecule has 2 saturated carbocycles. The van der Waals surface area contributed by atoms with Crippen molar-refractivity contribution in [1.82, 2.24) is 0 Å². The Balaban J connectivity index is 1.72. The van der Waals surface area contributed by atoms with Crippen LogP contribution in [0.1, 0.15) is 55.6 Å². The number of phenolic OH excluding ortho intramolecular Hbond substituents is 1. The number of ether oxygens (including phenoxy) is 1. The predicted octanol–water partition coefficient (Wildman–Crippen LogP) is 1.71. The maximum atomic E-state index is 14.3. The van der Waals surface area contributed by atoms with E-state index in [4.69, 9.17) is 16.2 Å². The molecule has 0 spiro atoms. The predicted molar refractivity (Wildman–Crippen MR) is 153 cm³/mol. The average Bonchev–Trinajstić information content (AvgIpc) is 2.90. The van der Waals surface area contributed by atoms with Gasteiger partial charge in [-0.3, -0.25) is 14.4 Å². The van der Waals surface area contributed by atoms with Gasteiger partial charge in [0.25, 0.3) is 0 Å². The summed E-state index contributed by atoms with van der Waals surface area (Å²) in [6, 6.07) is 8.64. The number of benzene rings is 2. The van der Waals surface area contributed by atoms with Crippen LogP contribution < -0.4 is 16.2 Å². The molecule has 42 heavy (non-hydrogen) atoms. The Kier molecular flexibility index (Phi) is 7.09. The summed E-state index contributed by atoms with van der Waals surface area (Å²) in [5.74, 6) is -6.60. The number of fused-ring (bicyclic) bond motifs is 3. The zero-order valence-corrected chi connectivity index (χ0v) is 24.5. The van der Waals surface area contributed by atoms with E-state index in [0.717, 1.165) is 11.1 Å². The van der Waals surface area contributed by atoms with Crippen molar-refractivity contribution in [3.05, 3.63) is 47.0 Å². The lowest BCUT2D eigenvalue weighted by Gasteiger charge is -2.66. The van der Waals surface area contributed by atoms with E-state index >= 15 is 0 Å². The number of phenols is 1. The Morgan fingerprint density at radius 1 is 1.14 bits per heavy atom. The minimum Gasteiger partial charge on any atom is -0.507 e. The number of carbonyl (C=O) groups excluding carboxylic acids is 3. The van der Waals surface area contributed by atoms with Gasteiger partial charge in [-0.2, -0.15) is 0 Å². The number of hydrogen-bond acceptors (Lipinski definition) is 9. The Morgan fingerprint density at radius 3 is 2.38 bits per heavy atom. The fourth-order valence-electron chi connectivity index (χ4n) is 8.91. The molecule has 10 nitrogen and oxygen atoms in total. The van der Waals surface area contributed by atoms with Crippen LogP contribution in [0.5, 0.6) is 11.5 Å². The second-order valence-electron chi connectivity index (χ2n) is 13.2. The van der Waals surface area contributed by atoms with E-state index in [1.165, 1.54) is 6.07 Å². The smallest absolute Gasteiger partial charge is 0.230 e. The molecule has 0 aliphatic heterocycles. The summed E-state index contributed by atoms with van der Waals surface area (Å²) in [6.45, 7) is 7.31. The molecule has 226 valence electrons. The molecule has 0 radical (unpaired) electrons. The summed E-state index contributed by atoms with van der Waals surface area (Å²) in [5, 5.41) is 46.4. The maximum Gasteiger partial charge on any atom is 0.230 e. The van der Waals surface area contributed by atoms with Gasteiger partial charge in [-0.25, -0.2) is 0 Å². The molecule has 3 aliphatic carbocycles. The van der Waals surface area contributed by atoms with Crippen molar-refractivity contribution in [3.8, 4) is 22.6 Å². The second-order valence-corrected chi connectivity index (χ2v) is 13.2. The van der Waals surface area contributed by atoms with E-state index < -0.39 is 63.9 Å². The van der Waals surface area contributed by atoms with Crippen molar-refractivity contribution in [3.63, 3.8) is 0 Å². The molecule has 1 amide bonds. The van der Waals surface area contributed by atoms with Crippen LogP contribution in [0.2, 0.25) is 0 Å². The third kappa shape index (κ3) is 3.81. The molecular weight excluding hydrogens is 540 g/mol. The number of aliphatic hydroxyl groups is 3. The number of rotatable bonds is 5. The molecule has 8 atom stereocenters. The summed E-state index contributed by atoms with van der Waals surface area (Å²) >= 11 is 0. The van der Waals surface area contributed by atoms with E-state index in [9.17, 15) is 34.8 Å². The number of aliphatic hydroxyl groups excluding tert-OH is 2. The lowest BCUT2D eigenvalue weighted by Crippen LogP contribution is -2.79. The van der Waals surface area contributed by atoms with E-state index in [2.05, 4.69) is 0 Å². The average molecular weight is 581 g/mol. The first-order valence-corrected chi connectivity index (χ1v) is 14.3. The molecule has 0 bridgehead atoms. The molecule has 10 heteroatoms. The molecule has 0 saturated heterocycles. The van der Waals surface area contributed by atoms with Crippen molar-refractivity contribution < 1.29 is 39.5 Å². The largest absolute Gasteiger partial charge is 0.507 e. The van der Waals surface area contributed by atoms with E-state index in [1.54, 1.807) is 26.2 Å². The van der Waals surface area contributed by atoms with Crippen LogP contribution in [-0.2, 0) is 22.6 Å². The number of Topliss-reactive ketones (excluding diaryl/α,β-unsaturated/α-hetero) is 2. The van der Waals surface area contributed by atoms with Gasteiger partial charge in [0.15, 0.2) is 17.2 Å². The summed E-state index contributed by atoms with van der Waals surface area (Å²) in [7, 11) is 1.55. The van der Waals surface area contributed by atoms with Crippen LogP contribution in [0.15, 0.2) is 30.3 Å². The molecule has 2 aromatic rings. The summed E-state index contributed by atoms with van der Waals surface area (Å²) < 4.78 is 5.41. The van der Waals surface area contributed by atoms with Crippen molar-refractivity contribution in [2.75, 3.05) is 7.11 Å². The Hall–Kier alpha value is -3.31. The Bertz CT molecular complexity index is 1490. The van der Waals surface area contributed by atoms with Crippen LogP contribution in [0, 0.1) is 34.5 Å². The van der Waals surface area contributed by atoms with Gasteiger partial charge in [-0.1, -0.05) is 39.8 Å². The number of nitrogens with two attached hydrogens (primary N) is 2. The third-order valence-electron chi connectivity index (χ3n) is 10.5. The fourth-order valence-corrected chi connectivity index (χ4v) is 8.91. The van der Waals surface area contributed by atoms with Gasteiger partial charge >= 0.3 is 0 Å². The van der Waals surface area contributed by atoms with Gasteiger partial charge in [-0.15, -0.1) is 0 Å². The van der Waals surface area contributed by atoms with E-state index in [-0.39, 0.29) is 36.6 Å². The molecule has 5 rings (SSSR count). The molecule has 8 N–H and O–H groups in total. The number of hydrogen-bond donors (Lipinski definition) is 6. The highest BCUT2D eigenvalue weighted by Gasteiger charge is 2.75. The molecule has 3 aliphatic rings. The maximum absolute atomic E-state index is 14.3. The molecule has 0 heterocycles. The highest BCUT2D eigenvalue weighted by molar-refractivity contribution is 6.09. The Morgan fingerprint density at radius 2 is 1.81 bits per heavy atom. The monoisotopic (exact) mass is 580 g/mol. The van der Waals surface area contributed by atoms with Crippen molar-refractivity contribution in [2.24, 2.45) is 46.0 Å². The topological polar surface area (TPSA) is 193 Å². The van der Waals surface area contributed by atoms with Crippen LogP contribution in [0.25, 0.3) is 11.1 Å². The number of ketones is 2. The normalized spacial score (nSPS) is 35.8. The molecule has 2 aromatic carbocycles. The van der Waals surface area contributed by atoms with Crippen LogP contribution in [0.4, 0.5) is 0 Å². The first-order chi connectivity index (χ1) is 19.6. The lowest BCUT2D eigenvalue weighted by atomic mass is 9.39. The third-order valence-corrected chi connectivity index (χ3v) is 10.5. The standard InChI is InChI=1S/C32H40N2O8/c1-14(2)23-26(37)22(29(34)40)27(38)32(41)28(39)24-25(36)21-18(11-30(24,3)13-31(23,32)4)17(7-8-19(21)35)15-6-9-20(42-5)16(10-15)12-33/h6-10,14,22-24,26,28,35,37,39,41H,11-13,33H2,1-5H3,(H2,34,40)/t22?,23-,24?,26?,28?,30+,31+,32-/m0/s1. The number of amides is 1. The van der Waals surface area contributed by atoms with Gasteiger partial charge in [0.1, 0.15) is 23.5 Å². The van der Waals surface area contributed by atoms with Gasteiger partial charge in [-0.05, 0) is 65.0 Å². The minimum atomic E-state index is -2.54. The highest BCUT2D eigenvalue weighted by Crippen LogP contribution is 2.66. The van der Waals surface area contributed by atoms with Crippen LogP contribution in [-0.4, -0.2) is 62.8 Å². The number of aromatic hydroxyl groups is 1. The molecule has 2 fully saturated rings. The first-order valence-electron chi connectivity index (χ1n) is 14.3. The van der Waals surface area contributed by atoms with Gasteiger partial charge in [0.05, 0.1) is 24.7 Å². The zero-order chi connectivity index (χ0) is 31.1. The summed E-state index contributed by atoms with van der Waals surface area (Å²) in [5.41, 5.74) is 9.33. The van der Waals surface area contributed by atoms with Crippen molar-refractivity contribution >= 4 is 17.5 Å². The summed E-state index contributed by atoms with van der Waals surface area (Å²) in [6.07, 6.45) is -3.10. The highest BCUT2D eigenvalue weighted by atomic mass is 16.5. The van der Waals surface area contributed by atoms with E-state index in [1.807, 2.05) is 32.9 Å².